The number of nitrogens with one attached hydrogen (secondary N) is 1. The second kappa shape index (κ2) is 9.22. The van der Waals surface area contributed by atoms with Crippen LogP contribution in [0.3, 0.4) is 0 Å². The maximum absolute atomic E-state index is 11.4. The Kier molecular flexibility index (Phi) is 6.84. The zero-order valence-electron chi connectivity index (χ0n) is 16.7. The van der Waals surface area contributed by atoms with Crippen molar-refractivity contribution < 1.29 is 25.9 Å². The molecule has 1 heterocycles. The van der Waals surface area contributed by atoms with Crippen molar-refractivity contribution in [2.24, 2.45) is 0 Å². The standard InChI is InChI=1S/C19H22N4O6S2/c1-2-4-17-21-18(23-19(22-17)20-9-10-30(24,25)26)12-14-6-3-5-13-11-15(31(27,28)29)7-8-16(13)14/h3,5-8,11H,2,4,9-10,12H2,1H3,(H,24,25,26)(H,27,28,29)(H,20,21,22,23). The zero-order valence-corrected chi connectivity index (χ0v) is 18.3. The molecule has 0 atom stereocenters. The molecule has 0 saturated carbocycles. The highest BCUT2D eigenvalue weighted by Gasteiger charge is 2.13. The number of fused-ring (bicyclic) bond motifs is 1. The van der Waals surface area contributed by atoms with Crippen molar-refractivity contribution in [2.45, 2.75) is 31.1 Å². The molecule has 3 N–H and O–H groups in total. The Morgan fingerprint density at radius 1 is 0.968 bits per heavy atom. The Bertz CT molecular complexity index is 1310. The first-order valence-electron chi connectivity index (χ1n) is 9.47. The van der Waals surface area contributed by atoms with E-state index in [0.717, 1.165) is 17.4 Å². The second-order valence-corrected chi connectivity index (χ2v) is 9.90. The monoisotopic (exact) mass is 466 g/mol. The third-order valence-electron chi connectivity index (χ3n) is 4.43. The first-order chi connectivity index (χ1) is 14.5. The number of benzene rings is 2. The number of nitrogens with zero attached hydrogens (tertiary/aromatic N) is 3. The van der Waals surface area contributed by atoms with E-state index in [-0.39, 0.29) is 17.4 Å². The Labute approximate surface area is 180 Å². The van der Waals surface area contributed by atoms with Crippen molar-refractivity contribution in [2.75, 3.05) is 17.6 Å². The fourth-order valence-electron chi connectivity index (χ4n) is 3.07. The summed E-state index contributed by atoms with van der Waals surface area (Å²) < 4.78 is 62.8. The van der Waals surface area contributed by atoms with E-state index in [1.807, 2.05) is 13.0 Å². The van der Waals surface area contributed by atoms with Crippen molar-refractivity contribution in [1.82, 2.24) is 15.0 Å². The van der Waals surface area contributed by atoms with Gasteiger partial charge in [0.15, 0.2) is 0 Å². The molecule has 3 rings (SSSR count). The van der Waals surface area contributed by atoms with Gasteiger partial charge < -0.3 is 5.32 Å². The molecule has 2 aromatic carbocycles. The molecular weight excluding hydrogens is 444 g/mol. The van der Waals surface area contributed by atoms with Crippen LogP contribution in [0.15, 0.2) is 41.3 Å². The molecule has 10 nitrogen and oxygen atoms in total. The number of anilines is 1. The molecule has 1 aromatic heterocycles. The molecule has 0 aliphatic rings. The highest BCUT2D eigenvalue weighted by atomic mass is 32.2. The summed E-state index contributed by atoms with van der Waals surface area (Å²) in [6.07, 6.45) is 1.74. The molecule has 0 bridgehead atoms. The molecule has 0 spiro atoms. The fourth-order valence-corrected chi connectivity index (χ4v) is 3.94. The van der Waals surface area contributed by atoms with Crippen LogP contribution in [-0.4, -0.2) is 53.2 Å². The molecule has 3 aromatic rings. The van der Waals surface area contributed by atoms with Crippen molar-refractivity contribution >= 4 is 37.0 Å². The summed E-state index contributed by atoms with van der Waals surface area (Å²) in [5.74, 6) is 0.747. The lowest BCUT2D eigenvalue weighted by Gasteiger charge is -2.10. The van der Waals surface area contributed by atoms with Gasteiger partial charge in [0.25, 0.3) is 20.2 Å². The van der Waals surface area contributed by atoms with Crippen molar-refractivity contribution in [3.8, 4) is 0 Å². The summed E-state index contributed by atoms with van der Waals surface area (Å²) in [5, 5.41) is 4.22. The third-order valence-corrected chi connectivity index (χ3v) is 6.00. The molecule has 166 valence electrons. The molecule has 31 heavy (non-hydrogen) atoms. The molecule has 0 aliphatic heterocycles. The van der Waals surface area contributed by atoms with E-state index in [1.54, 1.807) is 18.2 Å². The van der Waals surface area contributed by atoms with Gasteiger partial charge in [-0.05, 0) is 34.9 Å². The zero-order chi connectivity index (χ0) is 22.6. The minimum atomic E-state index is -4.30. The average molecular weight is 467 g/mol. The Morgan fingerprint density at radius 2 is 1.71 bits per heavy atom. The lowest BCUT2D eigenvalue weighted by molar-refractivity contribution is 0.481. The molecule has 0 amide bonds. The van der Waals surface area contributed by atoms with Crippen LogP contribution in [0.25, 0.3) is 10.8 Å². The lowest BCUT2D eigenvalue weighted by atomic mass is 10.0. The normalized spacial score (nSPS) is 12.2. The van der Waals surface area contributed by atoms with E-state index in [0.29, 0.717) is 29.9 Å². The molecule has 0 unspecified atom stereocenters. The van der Waals surface area contributed by atoms with Crippen LogP contribution in [-0.2, 0) is 33.1 Å². The Balaban J connectivity index is 1.92. The average Bonchev–Trinajstić information content (AvgIpc) is 2.66. The summed E-state index contributed by atoms with van der Waals surface area (Å²) in [6.45, 7) is 1.92. The van der Waals surface area contributed by atoms with Crippen LogP contribution < -0.4 is 5.32 Å². The summed E-state index contributed by atoms with van der Waals surface area (Å²) in [6, 6.07) is 9.72. The largest absolute Gasteiger partial charge is 0.353 e. The van der Waals surface area contributed by atoms with Gasteiger partial charge in [-0.1, -0.05) is 31.2 Å². The molecule has 0 fully saturated rings. The van der Waals surface area contributed by atoms with Crippen molar-refractivity contribution in [1.29, 1.82) is 0 Å². The van der Waals surface area contributed by atoms with Crippen LogP contribution in [0.4, 0.5) is 5.95 Å². The summed E-state index contributed by atoms with van der Waals surface area (Å²) in [4.78, 5) is 12.9. The minimum Gasteiger partial charge on any atom is -0.353 e. The summed E-state index contributed by atoms with van der Waals surface area (Å²) in [7, 11) is -8.41. The maximum Gasteiger partial charge on any atom is 0.294 e. The van der Waals surface area contributed by atoms with Crippen molar-refractivity contribution in [3.05, 3.63) is 53.6 Å². The van der Waals surface area contributed by atoms with Crippen LogP contribution in [0.2, 0.25) is 0 Å². The SMILES string of the molecule is CCCc1nc(Cc2cccc3cc(S(=O)(=O)O)ccc23)nc(NCCS(=O)(=O)O)n1. The topological polar surface area (TPSA) is 159 Å². The van der Waals surface area contributed by atoms with Gasteiger partial charge in [0.2, 0.25) is 5.95 Å². The van der Waals surface area contributed by atoms with Crippen LogP contribution in [0.5, 0.6) is 0 Å². The number of rotatable bonds is 9. The summed E-state index contributed by atoms with van der Waals surface area (Å²) >= 11 is 0. The van der Waals surface area contributed by atoms with E-state index in [2.05, 4.69) is 20.3 Å². The predicted octanol–water partition coefficient (Wildman–Crippen LogP) is 2.11. The molecule has 12 heteroatoms. The van der Waals surface area contributed by atoms with Gasteiger partial charge >= 0.3 is 0 Å². The van der Waals surface area contributed by atoms with Gasteiger partial charge in [-0.2, -0.15) is 26.8 Å². The minimum absolute atomic E-state index is 0.0550. The molecule has 0 radical (unpaired) electrons. The first-order valence-corrected chi connectivity index (χ1v) is 12.5. The van der Waals surface area contributed by atoms with Crippen LogP contribution >= 0.6 is 0 Å². The number of aryl methyl sites for hydroxylation is 1. The number of hydrogen-bond donors (Lipinski definition) is 3. The van der Waals surface area contributed by atoms with E-state index in [9.17, 15) is 21.4 Å². The van der Waals surface area contributed by atoms with Crippen LogP contribution in [0.1, 0.15) is 30.6 Å². The third kappa shape index (κ3) is 6.40. The molecule has 0 aliphatic carbocycles. The predicted molar refractivity (Wildman–Crippen MR) is 115 cm³/mol. The highest BCUT2D eigenvalue weighted by molar-refractivity contribution is 7.86. The fraction of sp³-hybridized carbons (Fsp3) is 0.316. The smallest absolute Gasteiger partial charge is 0.294 e. The first kappa shape index (κ1) is 23.0. The quantitative estimate of drug-likeness (QED) is 0.399. The van der Waals surface area contributed by atoms with E-state index in [4.69, 9.17) is 4.55 Å². The van der Waals surface area contributed by atoms with Gasteiger partial charge in [0.05, 0.1) is 10.6 Å². The second-order valence-electron chi connectivity index (χ2n) is 6.91. The summed E-state index contributed by atoms with van der Waals surface area (Å²) in [5.41, 5.74) is 0.844. The van der Waals surface area contributed by atoms with E-state index in [1.165, 1.54) is 12.1 Å². The Hall–Kier alpha value is -2.67. The van der Waals surface area contributed by atoms with E-state index < -0.39 is 26.0 Å². The Morgan fingerprint density at radius 3 is 2.39 bits per heavy atom. The van der Waals surface area contributed by atoms with Gasteiger partial charge in [0.1, 0.15) is 11.6 Å². The van der Waals surface area contributed by atoms with Crippen LogP contribution in [0, 0.1) is 0 Å². The number of aromatic nitrogens is 3. The van der Waals surface area contributed by atoms with Crippen molar-refractivity contribution in [3.63, 3.8) is 0 Å². The number of hydrogen-bond acceptors (Lipinski definition) is 8. The molecule has 0 saturated heterocycles. The molecular formula is C19H22N4O6S2. The van der Waals surface area contributed by atoms with Gasteiger partial charge in [0, 0.05) is 19.4 Å². The van der Waals surface area contributed by atoms with Gasteiger partial charge in [-0.25, -0.2) is 4.98 Å². The lowest BCUT2D eigenvalue weighted by Crippen LogP contribution is -2.17. The van der Waals surface area contributed by atoms with Gasteiger partial charge in [-0.15, -0.1) is 0 Å². The van der Waals surface area contributed by atoms with Gasteiger partial charge in [-0.3, -0.25) is 9.11 Å². The van der Waals surface area contributed by atoms with E-state index >= 15 is 0 Å². The maximum atomic E-state index is 11.4. The highest BCUT2D eigenvalue weighted by Crippen LogP contribution is 2.24.